The van der Waals surface area contributed by atoms with Crippen LogP contribution in [0.1, 0.15) is 16.8 Å². The molecule has 24 heavy (non-hydrogen) atoms. The lowest BCUT2D eigenvalue weighted by Gasteiger charge is -2.28. The Morgan fingerprint density at radius 3 is 2.75 bits per heavy atom. The number of pyridine rings is 1. The van der Waals surface area contributed by atoms with Crippen LogP contribution in [-0.4, -0.2) is 26.4 Å². The first-order valence-electron chi connectivity index (χ1n) is 7.59. The van der Waals surface area contributed by atoms with Crippen LogP contribution in [0.2, 0.25) is 0 Å². The highest BCUT2D eigenvalue weighted by Gasteiger charge is 2.21. The second kappa shape index (κ2) is 6.74. The van der Waals surface area contributed by atoms with Crippen LogP contribution in [0.4, 0.5) is 0 Å². The summed E-state index contributed by atoms with van der Waals surface area (Å²) in [6.45, 7) is 2.65. The van der Waals surface area contributed by atoms with Crippen molar-refractivity contribution in [3.05, 3.63) is 62.8 Å². The molecule has 0 fully saturated rings. The molecule has 0 N–H and O–H groups in total. The van der Waals surface area contributed by atoms with E-state index in [4.69, 9.17) is 4.42 Å². The average molecular weight is 450 g/mol. The van der Waals surface area contributed by atoms with E-state index in [9.17, 15) is 0 Å². The molecular weight excluding hydrogens is 436 g/mol. The predicted octanol–water partition coefficient (Wildman–Crippen LogP) is 4.21. The summed E-state index contributed by atoms with van der Waals surface area (Å²) < 4.78 is 7.43. The van der Waals surface area contributed by atoms with Crippen LogP contribution < -0.4 is 0 Å². The molecule has 0 radical (unpaired) electrons. The van der Waals surface area contributed by atoms with Gasteiger partial charge in [0, 0.05) is 59.2 Å². The maximum absolute atomic E-state index is 5.39. The molecule has 7 heteroatoms. The van der Waals surface area contributed by atoms with Crippen LogP contribution in [0.25, 0.3) is 11.6 Å². The first-order chi connectivity index (χ1) is 11.7. The molecule has 0 unspecified atom stereocenters. The SMILES string of the molecule is Brc1cncc(Br)c1CN1CCc2nc(-c3ccco3)ncc2C1. The number of fused-ring (bicyclic) bond motifs is 1. The van der Waals surface area contributed by atoms with Crippen molar-refractivity contribution in [1.82, 2.24) is 19.9 Å². The van der Waals surface area contributed by atoms with Crippen LogP contribution in [0.15, 0.2) is 50.3 Å². The Labute approximate surface area is 156 Å². The Balaban J connectivity index is 1.54. The first-order valence-corrected chi connectivity index (χ1v) is 9.18. The van der Waals surface area contributed by atoms with Crippen LogP contribution in [0.5, 0.6) is 0 Å². The van der Waals surface area contributed by atoms with Gasteiger partial charge in [-0.15, -0.1) is 0 Å². The lowest BCUT2D eigenvalue weighted by molar-refractivity contribution is 0.242. The second-order valence-corrected chi connectivity index (χ2v) is 7.39. The molecule has 0 spiro atoms. The minimum absolute atomic E-state index is 0.659. The van der Waals surface area contributed by atoms with Crippen LogP contribution in [-0.2, 0) is 19.5 Å². The van der Waals surface area contributed by atoms with E-state index in [-0.39, 0.29) is 0 Å². The minimum Gasteiger partial charge on any atom is -0.461 e. The van der Waals surface area contributed by atoms with Gasteiger partial charge in [0.15, 0.2) is 11.6 Å². The van der Waals surface area contributed by atoms with E-state index in [0.29, 0.717) is 11.6 Å². The minimum atomic E-state index is 0.659. The fourth-order valence-corrected chi connectivity index (χ4v) is 4.03. The van der Waals surface area contributed by atoms with Gasteiger partial charge in [-0.3, -0.25) is 9.88 Å². The zero-order chi connectivity index (χ0) is 16.5. The molecule has 122 valence electrons. The van der Waals surface area contributed by atoms with Gasteiger partial charge in [-0.25, -0.2) is 9.97 Å². The van der Waals surface area contributed by atoms with Gasteiger partial charge in [-0.05, 0) is 49.6 Å². The Kier molecular flexibility index (Phi) is 4.47. The van der Waals surface area contributed by atoms with Gasteiger partial charge >= 0.3 is 0 Å². The molecule has 0 amide bonds. The van der Waals surface area contributed by atoms with Crippen LogP contribution in [0.3, 0.4) is 0 Å². The molecule has 3 aromatic rings. The lowest BCUT2D eigenvalue weighted by atomic mass is 10.1. The molecule has 0 aliphatic carbocycles. The Bertz CT molecular complexity index is 847. The second-order valence-electron chi connectivity index (χ2n) is 5.69. The molecule has 5 nitrogen and oxygen atoms in total. The summed E-state index contributed by atoms with van der Waals surface area (Å²) >= 11 is 7.17. The molecule has 1 aliphatic rings. The number of hydrogen-bond acceptors (Lipinski definition) is 5. The molecule has 0 atom stereocenters. The third-order valence-electron chi connectivity index (χ3n) is 4.09. The van der Waals surface area contributed by atoms with Crippen LogP contribution >= 0.6 is 31.9 Å². The standard InChI is InChI=1S/C17H14Br2N4O/c18-13-7-20-8-14(19)12(13)10-23-4-3-15-11(9-23)6-21-17(22-15)16-2-1-5-24-16/h1-2,5-8H,3-4,9-10H2. The summed E-state index contributed by atoms with van der Waals surface area (Å²) in [5, 5.41) is 0. The topological polar surface area (TPSA) is 55.1 Å². The van der Waals surface area contributed by atoms with E-state index in [1.165, 1.54) is 11.1 Å². The van der Waals surface area contributed by atoms with Crippen molar-refractivity contribution in [3.63, 3.8) is 0 Å². The number of hydrogen-bond donors (Lipinski definition) is 0. The number of aromatic nitrogens is 3. The highest BCUT2D eigenvalue weighted by molar-refractivity contribution is 9.11. The van der Waals surface area contributed by atoms with E-state index in [1.807, 2.05) is 30.7 Å². The van der Waals surface area contributed by atoms with Crippen molar-refractivity contribution >= 4 is 31.9 Å². The maximum atomic E-state index is 5.39. The quantitative estimate of drug-likeness (QED) is 0.599. The molecule has 0 aromatic carbocycles. The van der Waals surface area contributed by atoms with Gasteiger partial charge in [0.1, 0.15) is 0 Å². The summed E-state index contributed by atoms with van der Waals surface area (Å²) in [5.74, 6) is 1.37. The largest absolute Gasteiger partial charge is 0.461 e. The van der Waals surface area contributed by atoms with E-state index in [0.717, 1.165) is 40.7 Å². The summed E-state index contributed by atoms with van der Waals surface area (Å²) in [4.78, 5) is 15.7. The van der Waals surface area contributed by atoms with E-state index in [1.54, 1.807) is 6.26 Å². The third-order valence-corrected chi connectivity index (χ3v) is 5.46. The zero-order valence-electron chi connectivity index (χ0n) is 12.7. The number of nitrogens with zero attached hydrogens (tertiary/aromatic N) is 4. The molecule has 0 saturated carbocycles. The van der Waals surface area contributed by atoms with Crippen molar-refractivity contribution in [3.8, 4) is 11.6 Å². The summed E-state index contributed by atoms with van der Waals surface area (Å²) in [6.07, 6.45) is 8.13. The van der Waals surface area contributed by atoms with E-state index < -0.39 is 0 Å². The predicted molar refractivity (Wildman–Crippen MR) is 97.2 cm³/mol. The smallest absolute Gasteiger partial charge is 0.195 e. The van der Waals surface area contributed by atoms with Gasteiger partial charge in [-0.1, -0.05) is 0 Å². The van der Waals surface area contributed by atoms with E-state index in [2.05, 4.69) is 51.7 Å². The van der Waals surface area contributed by atoms with Gasteiger partial charge in [0.05, 0.1) is 12.0 Å². The van der Waals surface area contributed by atoms with Gasteiger partial charge < -0.3 is 4.42 Å². The molecule has 3 aromatic heterocycles. The molecular formula is C17H14Br2N4O. The van der Waals surface area contributed by atoms with Crippen molar-refractivity contribution < 1.29 is 4.42 Å². The van der Waals surface area contributed by atoms with E-state index >= 15 is 0 Å². The molecule has 4 heterocycles. The highest BCUT2D eigenvalue weighted by Crippen LogP contribution is 2.28. The van der Waals surface area contributed by atoms with Crippen LogP contribution in [0, 0.1) is 0 Å². The fourth-order valence-electron chi connectivity index (χ4n) is 2.85. The number of halogens is 2. The first kappa shape index (κ1) is 15.9. The van der Waals surface area contributed by atoms with Crippen molar-refractivity contribution in [1.29, 1.82) is 0 Å². The normalized spacial score (nSPS) is 14.6. The Hall–Kier alpha value is -1.57. The van der Waals surface area contributed by atoms with Crippen molar-refractivity contribution in [2.45, 2.75) is 19.5 Å². The summed E-state index contributed by atoms with van der Waals surface area (Å²) in [5.41, 5.74) is 3.50. The summed E-state index contributed by atoms with van der Waals surface area (Å²) in [6, 6.07) is 3.74. The van der Waals surface area contributed by atoms with Crippen molar-refractivity contribution in [2.75, 3.05) is 6.54 Å². The lowest BCUT2D eigenvalue weighted by Crippen LogP contribution is -2.31. The average Bonchev–Trinajstić information content (AvgIpc) is 3.12. The summed E-state index contributed by atoms with van der Waals surface area (Å²) in [7, 11) is 0. The van der Waals surface area contributed by atoms with Gasteiger partial charge in [0.25, 0.3) is 0 Å². The van der Waals surface area contributed by atoms with Gasteiger partial charge in [0.2, 0.25) is 0 Å². The number of rotatable bonds is 3. The molecule has 0 saturated heterocycles. The highest BCUT2D eigenvalue weighted by atomic mass is 79.9. The zero-order valence-corrected chi connectivity index (χ0v) is 15.9. The Morgan fingerprint density at radius 2 is 2.00 bits per heavy atom. The molecule has 0 bridgehead atoms. The molecule has 4 rings (SSSR count). The maximum Gasteiger partial charge on any atom is 0.195 e. The third kappa shape index (κ3) is 3.16. The van der Waals surface area contributed by atoms with Crippen molar-refractivity contribution in [2.24, 2.45) is 0 Å². The molecule has 1 aliphatic heterocycles. The van der Waals surface area contributed by atoms with Gasteiger partial charge in [-0.2, -0.15) is 0 Å². The monoisotopic (exact) mass is 448 g/mol. The Morgan fingerprint density at radius 1 is 1.17 bits per heavy atom. The number of furan rings is 1. The fraction of sp³-hybridized carbons (Fsp3) is 0.235.